The third-order valence-electron chi connectivity index (χ3n) is 5.86. The number of methoxy groups -OCH3 is 1. The van der Waals surface area contributed by atoms with Crippen LogP contribution in [-0.4, -0.2) is 29.2 Å². The number of nitrogens with zero attached hydrogens (tertiary/aromatic N) is 2. The average molecular weight is 458 g/mol. The van der Waals surface area contributed by atoms with Crippen LogP contribution in [0.5, 0.6) is 11.5 Å². The second-order valence-corrected chi connectivity index (χ2v) is 8.60. The number of imidazole rings is 1. The summed E-state index contributed by atoms with van der Waals surface area (Å²) in [4.78, 5) is 17.6. The fourth-order valence-electron chi connectivity index (χ4n) is 4.09. The lowest BCUT2D eigenvalue weighted by atomic mass is 10.0. The molecule has 0 saturated carbocycles. The molecule has 0 spiro atoms. The van der Waals surface area contributed by atoms with Crippen LogP contribution in [-0.2, 0) is 13.1 Å². The number of hydrogen-bond acceptors (Lipinski definition) is 4. The average Bonchev–Trinajstić information content (AvgIpc) is 3.20. The van der Waals surface area contributed by atoms with Gasteiger partial charge >= 0.3 is 0 Å². The molecular formula is C28H31N3O3. The first-order valence-electron chi connectivity index (χ1n) is 11.6. The van der Waals surface area contributed by atoms with Crippen molar-refractivity contribution in [2.75, 3.05) is 13.7 Å². The van der Waals surface area contributed by atoms with E-state index in [1.807, 2.05) is 36.4 Å². The van der Waals surface area contributed by atoms with E-state index in [9.17, 15) is 4.79 Å². The van der Waals surface area contributed by atoms with E-state index in [1.165, 1.54) is 11.1 Å². The number of hydrogen-bond donors (Lipinski definition) is 1. The van der Waals surface area contributed by atoms with E-state index < -0.39 is 0 Å². The number of para-hydroxylation sites is 3. The van der Waals surface area contributed by atoms with Crippen LogP contribution >= 0.6 is 0 Å². The second-order valence-electron chi connectivity index (χ2n) is 8.60. The number of fused-ring (bicyclic) bond motifs is 1. The van der Waals surface area contributed by atoms with Crippen LogP contribution in [0.3, 0.4) is 0 Å². The van der Waals surface area contributed by atoms with Gasteiger partial charge < -0.3 is 19.4 Å². The molecule has 0 unspecified atom stereocenters. The van der Waals surface area contributed by atoms with Gasteiger partial charge in [0, 0.05) is 0 Å². The van der Waals surface area contributed by atoms with E-state index in [4.69, 9.17) is 14.5 Å². The summed E-state index contributed by atoms with van der Waals surface area (Å²) in [6, 6.07) is 21.5. The molecule has 0 radical (unpaired) electrons. The zero-order chi connectivity index (χ0) is 24.1. The second kappa shape index (κ2) is 10.4. The third kappa shape index (κ3) is 5.06. The van der Waals surface area contributed by atoms with E-state index >= 15 is 0 Å². The van der Waals surface area contributed by atoms with Crippen molar-refractivity contribution < 1.29 is 14.3 Å². The summed E-state index contributed by atoms with van der Waals surface area (Å²) in [5.74, 6) is 2.42. The van der Waals surface area contributed by atoms with Gasteiger partial charge in [0.15, 0.2) is 0 Å². The summed E-state index contributed by atoms with van der Waals surface area (Å²) in [5, 5.41) is 2.99. The highest BCUT2D eigenvalue weighted by molar-refractivity contribution is 5.96. The molecule has 1 heterocycles. The highest BCUT2D eigenvalue weighted by Gasteiger charge is 2.15. The van der Waals surface area contributed by atoms with E-state index in [1.54, 1.807) is 19.2 Å². The number of aromatic nitrogens is 2. The van der Waals surface area contributed by atoms with E-state index in [0.29, 0.717) is 36.9 Å². The van der Waals surface area contributed by atoms with Gasteiger partial charge in [0.25, 0.3) is 5.91 Å². The Morgan fingerprint density at radius 1 is 1.03 bits per heavy atom. The van der Waals surface area contributed by atoms with Gasteiger partial charge in [-0.1, -0.05) is 50.2 Å². The molecule has 4 rings (SSSR count). The maximum Gasteiger partial charge on any atom is 0.255 e. The number of carbonyl (C=O) groups excluding carboxylic acids is 1. The molecule has 0 bridgehead atoms. The lowest BCUT2D eigenvalue weighted by Crippen LogP contribution is -2.25. The number of amides is 1. The van der Waals surface area contributed by atoms with Crippen molar-refractivity contribution in [2.24, 2.45) is 0 Å². The van der Waals surface area contributed by atoms with Gasteiger partial charge in [-0.15, -0.1) is 0 Å². The zero-order valence-corrected chi connectivity index (χ0v) is 20.2. The predicted octanol–water partition coefficient (Wildman–Crippen LogP) is 5.49. The minimum Gasteiger partial charge on any atom is -0.496 e. The Labute approximate surface area is 200 Å². The van der Waals surface area contributed by atoms with E-state index in [2.05, 4.69) is 48.9 Å². The topological polar surface area (TPSA) is 65.4 Å². The van der Waals surface area contributed by atoms with Gasteiger partial charge in [0.1, 0.15) is 23.9 Å². The first-order valence-corrected chi connectivity index (χ1v) is 11.6. The molecule has 6 nitrogen and oxygen atoms in total. The van der Waals surface area contributed by atoms with Gasteiger partial charge in [0.05, 0.1) is 36.8 Å². The van der Waals surface area contributed by atoms with Crippen molar-refractivity contribution in [1.82, 2.24) is 14.9 Å². The Balaban J connectivity index is 1.52. The van der Waals surface area contributed by atoms with Gasteiger partial charge in [-0.2, -0.15) is 0 Å². The number of benzene rings is 3. The van der Waals surface area contributed by atoms with Crippen LogP contribution in [0.25, 0.3) is 11.0 Å². The van der Waals surface area contributed by atoms with Crippen LogP contribution in [0.15, 0.2) is 66.7 Å². The SMILES string of the molecule is COc1ccccc1C(=O)NCc1nc2ccccc2n1CCOc1cc(C)ccc1C(C)C. The Hall–Kier alpha value is -3.80. The van der Waals surface area contributed by atoms with Crippen molar-refractivity contribution in [2.45, 2.75) is 39.8 Å². The molecule has 3 aromatic carbocycles. The molecule has 1 N–H and O–H groups in total. The molecule has 34 heavy (non-hydrogen) atoms. The number of nitrogens with one attached hydrogen (secondary N) is 1. The molecule has 1 aromatic heterocycles. The predicted molar refractivity (Wildman–Crippen MR) is 135 cm³/mol. The fraction of sp³-hybridized carbons (Fsp3) is 0.286. The lowest BCUT2D eigenvalue weighted by molar-refractivity contribution is 0.0946. The van der Waals surface area contributed by atoms with Crippen molar-refractivity contribution in [1.29, 1.82) is 0 Å². The number of aryl methyl sites for hydroxylation is 1. The maximum absolute atomic E-state index is 12.8. The first-order chi connectivity index (χ1) is 16.5. The van der Waals surface area contributed by atoms with Crippen LogP contribution < -0.4 is 14.8 Å². The Morgan fingerprint density at radius 3 is 2.59 bits per heavy atom. The van der Waals surface area contributed by atoms with Crippen molar-refractivity contribution in [3.63, 3.8) is 0 Å². The van der Waals surface area contributed by atoms with E-state index in [-0.39, 0.29) is 5.91 Å². The maximum atomic E-state index is 12.8. The largest absolute Gasteiger partial charge is 0.496 e. The minimum atomic E-state index is -0.200. The van der Waals surface area contributed by atoms with Gasteiger partial charge in [-0.3, -0.25) is 4.79 Å². The van der Waals surface area contributed by atoms with E-state index in [0.717, 1.165) is 22.6 Å². The van der Waals surface area contributed by atoms with Gasteiger partial charge in [0.2, 0.25) is 0 Å². The minimum absolute atomic E-state index is 0.200. The monoisotopic (exact) mass is 457 g/mol. The third-order valence-corrected chi connectivity index (χ3v) is 5.86. The number of ether oxygens (including phenoxy) is 2. The first kappa shape index (κ1) is 23.4. The summed E-state index contributed by atoms with van der Waals surface area (Å²) in [6.07, 6.45) is 0. The summed E-state index contributed by atoms with van der Waals surface area (Å²) >= 11 is 0. The van der Waals surface area contributed by atoms with Crippen LogP contribution in [0.4, 0.5) is 0 Å². The summed E-state index contributed by atoms with van der Waals surface area (Å²) in [7, 11) is 1.56. The Bertz CT molecular complexity index is 1290. The summed E-state index contributed by atoms with van der Waals surface area (Å²) in [5.41, 5.74) is 4.78. The molecule has 4 aromatic rings. The molecule has 0 aliphatic heterocycles. The summed E-state index contributed by atoms with van der Waals surface area (Å²) < 4.78 is 13.7. The standard InChI is InChI=1S/C28H31N3O3/c1-19(2)21-14-13-20(3)17-26(21)34-16-15-31-24-11-7-6-10-23(24)30-27(31)18-29-28(32)22-9-5-8-12-25(22)33-4/h5-14,17,19H,15-16,18H2,1-4H3,(H,29,32). The molecule has 0 atom stereocenters. The van der Waals surface area contributed by atoms with Gasteiger partial charge in [-0.05, 0) is 54.3 Å². The fourth-order valence-corrected chi connectivity index (χ4v) is 4.09. The van der Waals surface area contributed by atoms with Crippen LogP contribution in [0, 0.1) is 6.92 Å². The Morgan fingerprint density at radius 2 is 1.79 bits per heavy atom. The Kier molecular flexibility index (Phi) is 7.16. The molecule has 0 aliphatic carbocycles. The lowest BCUT2D eigenvalue weighted by Gasteiger charge is -2.16. The smallest absolute Gasteiger partial charge is 0.255 e. The highest BCUT2D eigenvalue weighted by Crippen LogP contribution is 2.27. The molecule has 6 heteroatoms. The van der Waals surface area contributed by atoms with Crippen molar-refractivity contribution in [3.05, 3.63) is 89.2 Å². The van der Waals surface area contributed by atoms with Crippen molar-refractivity contribution >= 4 is 16.9 Å². The molecule has 1 amide bonds. The number of carbonyl (C=O) groups is 1. The van der Waals surface area contributed by atoms with Crippen LogP contribution in [0.1, 0.15) is 47.1 Å². The van der Waals surface area contributed by atoms with Gasteiger partial charge in [-0.25, -0.2) is 4.98 Å². The summed E-state index contributed by atoms with van der Waals surface area (Å²) in [6.45, 7) is 7.83. The molecule has 0 aliphatic rings. The highest BCUT2D eigenvalue weighted by atomic mass is 16.5. The number of rotatable bonds is 9. The zero-order valence-electron chi connectivity index (χ0n) is 20.2. The normalized spacial score (nSPS) is 11.1. The van der Waals surface area contributed by atoms with Crippen LogP contribution in [0.2, 0.25) is 0 Å². The molecule has 176 valence electrons. The molecular weight excluding hydrogens is 426 g/mol. The van der Waals surface area contributed by atoms with Crippen molar-refractivity contribution in [3.8, 4) is 11.5 Å². The molecule has 0 fully saturated rings. The quantitative estimate of drug-likeness (QED) is 0.361. The molecule has 0 saturated heterocycles.